The molecule has 0 aliphatic heterocycles. The third-order valence-corrected chi connectivity index (χ3v) is 1.08. The second kappa shape index (κ2) is 2.31. The summed E-state index contributed by atoms with van der Waals surface area (Å²) in [5, 5.41) is 0. The van der Waals surface area contributed by atoms with Crippen molar-refractivity contribution in [2.75, 3.05) is 0 Å². The van der Waals surface area contributed by atoms with E-state index in [1.165, 1.54) is 0 Å². The summed E-state index contributed by atoms with van der Waals surface area (Å²) in [6, 6.07) is 1.73. The van der Waals surface area contributed by atoms with Crippen molar-refractivity contribution in [2.24, 2.45) is 0 Å². The van der Waals surface area contributed by atoms with Crippen molar-refractivity contribution in [1.29, 1.82) is 0 Å². The Bertz CT molecular complexity index is 202. The van der Waals surface area contributed by atoms with Crippen molar-refractivity contribution in [3.05, 3.63) is 30.6 Å². The Morgan fingerprint density at radius 1 is 1.67 bits per heavy atom. The predicted molar refractivity (Wildman–Crippen MR) is 36.2 cm³/mol. The van der Waals surface area contributed by atoms with Gasteiger partial charge in [0.25, 0.3) is 0 Å². The smallest absolute Gasteiger partial charge is 0.151 e. The highest BCUT2D eigenvalue weighted by atomic mass is 16.1. The molecule has 0 fully saturated rings. The quantitative estimate of drug-likeness (QED) is 0.542. The fourth-order valence-corrected chi connectivity index (χ4v) is 0.614. The lowest BCUT2D eigenvalue weighted by molar-refractivity contribution is 0.112. The molecule has 1 rings (SSSR count). The number of hydrogen-bond acceptors (Lipinski definition) is 1. The SMILES string of the molecule is C=Cn1ccc(C=O)c1. The molecule has 1 aromatic rings. The Hall–Kier alpha value is -1.31. The minimum atomic E-state index is 0.676. The van der Waals surface area contributed by atoms with Crippen LogP contribution in [0.5, 0.6) is 0 Å². The first-order valence-electron chi connectivity index (χ1n) is 2.62. The third-order valence-electron chi connectivity index (χ3n) is 1.08. The molecule has 1 heterocycles. The summed E-state index contributed by atoms with van der Waals surface area (Å²) in [5.41, 5.74) is 0.676. The average molecular weight is 121 g/mol. The van der Waals surface area contributed by atoms with Gasteiger partial charge in [-0.1, -0.05) is 6.58 Å². The number of hydrogen-bond donors (Lipinski definition) is 0. The second-order valence-electron chi connectivity index (χ2n) is 1.69. The van der Waals surface area contributed by atoms with E-state index in [0.29, 0.717) is 5.56 Å². The van der Waals surface area contributed by atoms with E-state index in [0.717, 1.165) is 6.29 Å². The molecule has 0 bridgehead atoms. The van der Waals surface area contributed by atoms with Crippen LogP contribution in [-0.4, -0.2) is 10.9 Å². The van der Waals surface area contributed by atoms with Gasteiger partial charge in [0.15, 0.2) is 6.29 Å². The van der Waals surface area contributed by atoms with Gasteiger partial charge >= 0.3 is 0 Å². The van der Waals surface area contributed by atoms with Crippen LogP contribution in [0.25, 0.3) is 6.20 Å². The Balaban J connectivity index is 2.98. The molecule has 0 amide bonds. The molecule has 0 radical (unpaired) electrons. The maximum Gasteiger partial charge on any atom is 0.151 e. The van der Waals surface area contributed by atoms with E-state index < -0.39 is 0 Å². The molecule has 0 aliphatic rings. The minimum absolute atomic E-state index is 0.676. The molecule has 0 saturated carbocycles. The zero-order valence-corrected chi connectivity index (χ0v) is 4.95. The normalized spacial score (nSPS) is 8.89. The maximum atomic E-state index is 10.1. The zero-order chi connectivity index (χ0) is 6.69. The molecule has 0 saturated heterocycles. The van der Waals surface area contributed by atoms with E-state index in [9.17, 15) is 4.79 Å². The van der Waals surface area contributed by atoms with Crippen molar-refractivity contribution >= 4 is 12.5 Å². The van der Waals surface area contributed by atoms with Crippen LogP contribution in [0.15, 0.2) is 25.0 Å². The van der Waals surface area contributed by atoms with Crippen LogP contribution in [-0.2, 0) is 0 Å². The summed E-state index contributed by atoms with van der Waals surface area (Å²) in [5.74, 6) is 0. The molecule has 46 valence electrons. The van der Waals surface area contributed by atoms with Gasteiger partial charge in [-0.05, 0) is 6.07 Å². The van der Waals surface area contributed by atoms with Gasteiger partial charge in [-0.15, -0.1) is 0 Å². The minimum Gasteiger partial charge on any atom is -0.330 e. The standard InChI is InChI=1S/C7H7NO/c1-2-8-4-3-7(5-8)6-9/h2-6H,1H2. The summed E-state index contributed by atoms with van der Waals surface area (Å²) in [7, 11) is 0. The molecular weight excluding hydrogens is 114 g/mol. The van der Waals surface area contributed by atoms with Crippen LogP contribution >= 0.6 is 0 Å². The number of nitrogens with zero attached hydrogens (tertiary/aromatic N) is 1. The van der Waals surface area contributed by atoms with Crippen LogP contribution in [0.1, 0.15) is 10.4 Å². The first-order chi connectivity index (χ1) is 4.36. The van der Waals surface area contributed by atoms with Crippen molar-refractivity contribution in [3.8, 4) is 0 Å². The van der Waals surface area contributed by atoms with Gasteiger partial charge in [0.2, 0.25) is 0 Å². The monoisotopic (exact) mass is 121 g/mol. The van der Waals surface area contributed by atoms with Crippen molar-refractivity contribution < 1.29 is 4.79 Å². The van der Waals surface area contributed by atoms with Crippen LogP contribution in [0.3, 0.4) is 0 Å². The Kier molecular flexibility index (Phi) is 1.49. The van der Waals surface area contributed by atoms with Crippen LogP contribution in [0.4, 0.5) is 0 Å². The van der Waals surface area contributed by atoms with Gasteiger partial charge in [-0.25, -0.2) is 0 Å². The van der Waals surface area contributed by atoms with Gasteiger partial charge in [-0.3, -0.25) is 4.79 Å². The molecule has 0 aliphatic carbocycles. The molecule has 0 aromatic carbocycles. The van der Waals surface area contributed by atoms with Crippen molar-refractivity contribution in [2.45, 2.75) is 0 Å². The molecule has 0 spiro atoms. The van der Waals surface area contributed by atoms with Crippen LogP contribution in [0.2, 0.25) is 0 Å². The lowest BCUT2D eigenvalue weighted by Crippen LogP contribution is -1.76. The fraction of sp³-hybridized carbons (Fsp3) is 0. The highest BCUT2D eigenvalue weighted by Crippen LogP contribution is 1.96. The fourth-order valence-electron chi connectivity index (χ4n) is 0.614. The zero-order valence-electron chi connectivity index (χ0n) is 4.95. The van der Waals surface area contributed by atoms with Crippen molar-refractivity contribution in [3.63, 3.8) is 0 Å². The van der Waals surface area contributed by atoms with Crippen LogP contribution in [0, 0.1) is 0 Å². The number of carbonyl (C=O) groups excluding carboxylic acids is 1. The summed E-state index contributed by atoms with van der Waals surface area (Å²) < 4.78 is 1.73. The van der Waals surface area contributed by atoms with E-state index in [2.05, 4.69) is 6.58 Å². The molecule has 0 N–H and O–H groups in total. The third kappa shape index (κ3) is 1.08. The van der Waals surface area contributed by atoms with Gasteiger partial charge in [-0.2, -0.15) is 0 Å². The largest absolute Gasteiger partial charge is 0.330 e. The summed E-state index contributed by atoms with van der Waals surface area (Å²) >= 11 is 0. The molecule has 0 atom stereocenters. The van der Waals surface area contributed by atoms with Gasteiger partial charge in [0, 0.05) is 24.2 Å². The lowest BCUT2D eigenvalue weighted by atomic mass is 10.4. The van der Waals surface area contributed by atoms with Gasteiger partial charge in [0.1, 0.15) is 0 Å². The lowest BCUT2D eigenvalue weighted by Gasteiger charge is -1.84. The first kappa shape index (κ1) is 5.82. The molecule has 2 nitrogen and oxygen atoms in total. The predicted octanol–water partition coefficient (Wildman–Crippen LogP) is 1.40. The first-order valence-corrected chi connectivity index (χ1v) is 2.62. The van der Waals surface area contributed by atoms with E-state index in [1.54, 1.807) is 29.2 Å². The summed E-state index contributed by atoms with van der Waals surface area (Å²) in [6.07, 6.45) is 5.92. The molecule has 2 heteroatoms. The van der Waals surface area contributed by atoms with E-state index in [-0.39, 0.29) is 0 Å². The van der Waals surface area contributed by atoms with Gasteiger partial charge < -0.3 is 4.57 Å². The number of rotatable bonds is 2. The average Bonchev–Trinajstić information content (AvgIpc) is 2.34. The molecular formula is C7H7NO. The Labute approximate surface area is 53.4 Å². The van der Waals surface area contributed by atoms with E-state index in [4.69, 9.17) is 0 Å². The number of carbonyl (C=O) groups is 1. The summed E-state index contributed by atoms with van der Waals surface area (Å²) in [4.78, 5) is 10.1. The second-order valence-corrected chi connectivity index (χ2v) is 1.69. The Morgan fingerprint density at radius 2 is 2.44 bits per heavy atom. The number of aldehydes is 1. The molecule has 1 aromatic heterocycles. The van der Waals surface area contributed by atoms with E-state index >= 15 is 0 Å². The highest BCUT2D eigenvalue weighted by Gasteiger charge is 1.88. The van der Waals surface area contributed by atoms with Gasteiger partial charge in [0.05, 0.1) is 0 Å². The molecule has 9 heavy (non-hydrogen) atoms. The summed E-state index contributed by atoms with van der Waals surface area (Å²) in [6.45, 7) is 3.53. The maximum absolute atomic E-state index is 10.1. The highest BCUT2D eigenvalue weighted by molar-refractivity contribution is 5.74. The molecule has 0 unspecified atom stereocenters. The van der Waals surface area contributed by atoms with E-state index in [1.807, 2.05) is 0 Å². The van der Waals surface area contributed by atoms with Crippen LogP contribution < -0.4 is 0 Å². The topological polar surface area (TPSA) is 22.0 Å². The Morgan fingerprint density at radius 3 is 2.78 bits per heavy atom. The number of aromatic nitrogens is 1. The van der Waals surface area contributed by atoms with Crippen molar-refractivity contribution in [1.82, 2.24) is 4.57 Å².